The van der Waals surface area contributed by atoms with E-state index in [1.54, 1.807) is 18.2 Å². The summed E-state index contributed by atoms with van der Waals surface area (Å²) in [7, 11) is 0. The summed E-state index contributed by atoms with van der Waals surface area (Å²) in [6.45, 7) is 0. The molecule has 0 fully saturated rings. The number of hydrogen-bond acceptors (Lipinski definition) is 7. The molecular weight excluding hydrogens is 337 g/mol. The van der Waals surface area contributed by atoms with Crippen molar-refractivity contribution in [3.63, 3.8) is 0 Å². The number of hydrogen-bond donors (Lipinski definition) is 3. The smallest absolute Gasteiger partial charge is 0.184 e. The van der Waals surface area contributed by atoms with Gasteiger partial charge in [0.2, 0.25) is 0 Å². The van der Waals surface area contributed by atoms with Gasteiger partial charge < -0.3 is 15.7 Å². The second-order valence-corrected chi connectivity index (χ2v) is 5.85. The van der Waals surface area contributed by atoms with Crippen molar-refractivity contribution in [3.8, 4) is 0 Å². The van der Waals surface area contributed by atoms with E-state index in [4.69, 9.17) is 11.1 Å². The average molecular weight is 359 g/mol. The van der Waals surface area contributed by atoms with Crippen molar-refractivity contribution < 1.29 is 13.7 Å². The van der Waals surface area contributed by atoms with E-state index in [1.807, 2.05) is 0 Å². The molecule has 1 aromatic heterocycles. The molecule has 0 amide bonds. The highest BCUT2D eigenvalue weighted by atomic mass is 19.1. The van der Waals surface area contributed by atoms with E-state index >= 15 is 0 Å². The van der Waals surface area contributed by atoms with Gasteiger partial charge in [0.05, 0.1) is 17.6 Å². The lowest BCUT2D eigenvalue weighted by Gasteiger charge is -2.09. The number of ketones is 1. The molecule has 1 heterocycles. The van der Waals surface area contributed by atoms with E-state index in [0.717, 1.165) is 19.3 Å². The number of hydrazone groups is 1. The van der Waals surface area contributed by atoms with Crippen LogP contribution in [0.1, 0.15) is 42.6 Å². The quantitative estimate of drug-likeness (QED) is 0.246. The highest BCUT2D eigenvalue weighted by molar-refractivity contribution is 6.31. The Bertz CT molecular complexity index is 729. The molecular formula is C18H22FN5O2. The standard InChI is InChI=1S/C18H22FN5O2/c19-13-6-8-14(9-7-13)23-22-12-16(21)15(20)4-2-1-3-5-18(25)17-10-11-26-24-17/h6-12,15,21,23H,1-5,20H2/b21-16?,22-12-. The normalized spacial score (nSPS) is 12.2. The third-order valence-electron chi connectivity index (χ3n) is 3.78. The van der Waals surface area contributed by atoms with Crippen LogP contribution in [-0.4, -0.2) is 28.9 Å². The summed E-state index contributed by atoms with van der Waals surface area (Å²) in [5.41, 5.74) is 9.86. The molecule has 0 spiro atoms. The van der Waals surface area contributed by atoms with Crippen LogP contribution in [0.2, 0.25) is 0 Å². The maximum atomic E-state index is 12.8. The second kappa shape index (κ2) is 10.2. The number of halogens is 1. The summed E-state index contributed by atoms with van der Waals surface area (Å²) in [6.07, 6.45) is 6.19. The van der Waals surface area contributed by atoms with Gasteiger partial charge in [-0.15, -0.1) is 0 Å². The maximum Gasteiger partial charge on any atom is 0.184 e. The molecule has 1 atom stereocenters. The van der Waals surface area contributed by atoms with E-state index in [1.165, 1.54) is 24.6 Å². The number of nitrogens with one attached hydrogen (secondary N) is 2. The van der Waals surface area contributed by atoms with Gasteiger partial charge in [-0.25, -0.2) is 4.39 Å². The number of rotatable bonds is 11. The van der Waals surface area contributed by atoms with E-state index in [0.29, 0.717) is 24.2 Å². The van der Waals surface area contributed by atoms with E-state index in [2.05, 4.69) is 20.2 Å². The zero-order valence-electron chi connectivity index (χ0n) is 14.3. The number of nitrogens with zero attached hydrogens (tertiary/aromatic N) is 2. The van der Waals surface area contributed by atoms with Crippen LogP contribution in [0.4, 0.5) is 10.1 Å². The number of aromatic nitrogens is 1. The molecule has 0 aliphatic heterocycles. The molecule has 0 saturated carbocycles. The first kappa shape index (κ1) is 19.5. The van der Waals surface area contributed by atoms with E-state index in [-0.39, 0.29) is 17.3 Å². The van der Waals surface area contributed by atoms with Crippen LogP contribution in [0.5, 0.6) is 0 Å². The van der Waals surface area contributed by atoms with Crippen LogP contribution < -0.4 is 11.2 Å². The third-order valence-corrected chi connectivity index (χ3v) is 3.78. The SMILES string of the molecule is N=C(/C=N\Nc1ccc(F)cc1)C(N)CCCCCC(=O)c1ccon1. The average Bonchev–Trinajstić information content (AvgIpc) is 3.17. The lowest BCUT2D eigenvalue weighted by molar-refractivity contribution is 0.0970. The highest BCUT2D eigenvalue weighted by Gasteiger charge is 2.10. The molecule has 0 bridgehead atoms. The number of Topliss-reactive ketones (excluding diaryl/α,β-unsaturated/α-hetero) is 1. The number of carbonyl (C=O) groups is 1. The van der Waals surface area contributed by atoms with Gasteiger partial charge in [0, 0.05) is 18.5 Å². The predicted octanol–water partition coefficient (Wildman–Crippen LogP) is 3.39. The molecule has 0 aliphatic rings. The molecule has 7 nitrogen and oxygen atoms in total. The summed E-state index contributed by atoms with van der Waals surface area (Å²) < 4.78 is 17.4. The van der Waals surface area contributed by atoms with Crippen LogP contribution >= 0.6 is 0 Å². The number of anilines is 1. The van der Waals surface area contributed by atoms with Crippen molar-refractivity contribution >= 4 is 23.4 Å². The molecule has 0 saturated heterocycles. The van der Waals surface area contributed by atoms with Crippen LogP contribution in [0, 0.1) is 11.2 Å². The molecule has 1 aromatic carbocycles. The highest BCUT2D eigenvalue weighted by Crippen LogP contribution is 2.10. The second-order valence-electron chi connectivity index (χ2n) is 5.85. The molecule has 1 unspecified atom stereocenters. The van der Waals surface area contributed by atoms with Crippen molar-refractivity contribution in [1.29, 1.82) is 5.41 Å². The van der Waals surface area contributed by atoms with Crippen LogP contribution in [0.3, 0.4) is 0 Å². The summed E-state index contributed by atoms with van der Waals surface area (Å²) in [4.78, 5) is 11.7. The molecule has 2 rings (SSSR count). The van der Waals surface area contributed by atoms with Crippen LogP contribution in [-0.2, 0) is 0 Å². The maximum absolute atomic E-state index is 12.8. The van der Waals surface area contributed by atoms with Crippen molar-refractivity contribution in [1.82, 2.24) is 5.16 Å². The Morgan fingerprint density at radius 2 is 2.08 bits per heavy atom. The van der Waals surface area contributed by atoms with Crippen molar-refractivity contribution in [2.75, 3.05) is 5.43 Å². The fourth-order valence-electron chi connectivity index (χ4n) is 2.26. The molecule has 0 aliphatic carbocycles. The Hall–Kier alpha value is -2.87. The van der Waals surface area contributed by atoms with Gasteiger partial charge in [0.1, 0.15) is 17.8 Å². The van der Waals surface area contributed by atoms with Crippen LogP contribution in [0.25, 0.3) is 0 Å². The minimum atomic E-state index is -0.417. The Balaban J connectivity index is 1.60. The molecule has 26 heavy (non-hydrogen) atoms. The molecule has 8 heteroatoms. The largest absolute Gasteiger partial charge is 0.364 e. The fraction of sp³-hybridized carbons (Fsp3) is 0.333. The van der Waals surface area contributed by atoms with Gasteiger partial charge in [-0.2, -0.15) is 5.10 Å². The number of nitrogens with two attached hydrogens (primary N) is 1. The Morgan fingerprint density at radius 3 is 2.77 bits per heavy atom. The lowest BCUT2D eigenvalue weighted by Crippen LogP contribution is -2.30. The minimum absolute atomic E-state index is 0.0326. The van der Waals surface area contributed by atoms with E-state index < -0.39 is 6.04 Å². The molecule has 2 aromatic rings. The molecule has 138 valence electrons. The Kier molecular flexibility index (Phi) is 7.63. The first-order valence-corrected chi connectivity index (χ1v) is 8.38. The summed E-state index contributed by atoms with van der Waals surface area (Å²) in [6, 6.07) is 6.89. The Labute approximate surface area is 151 Å². The lowest BCUT2D eigenvalue weighted by atomic mass is 10.0. The van der Waals surface area contributed by atoms with Gasteiger partial charge in [0.25, 0.3) is 0 Å². The van der Waals surface area contributed by atoms with Crippen LogP contribution in [0.15, 0.2) is 46.2 Å². The topological polar surface area (TPSA) is 117 Å². The summed E-state index contributed by atoms with van der Waals surface area (Å²) in [5.74, 6) is -0.355. The number of unbranched alkanes of at least 4 members (excludes halogenated alkanes) is 2. The zero-order valence-corrected chi connectivity index (χ0v) is 14.3. The van der Waals surface area contributed by atoms with Crippen molar-refractivity contribution in [3.05, 3.63) is 48.1 Å². The summed E-state index contributed by atoms with van der Waals surface area (Å²) >= 11 is 0. The van der Waals surface area contributed by atoms with Crippen molar-refractivity contribution in [2.45, 2.75) is 38.1 Å². The molecule has 0 radical (unpaired) electrons. The number of carbonyl (C=O) groups excluding carboxylic acids is 1. The first-order valence-electron chi connectivity index (χ1n) is 8.38. The van der Waals surface area contributed by atoms with Gasteiger partial charge >= 0.3 is 0 Å². The summed E-state index contributed by atoms with van der Waals surface area (Å²) in [5, 5.41) is 15.4. The van der Waals surface area contributed by atoms with Gasteiger partial charge in [0.15, 0.2) is 5.78 Å². The number of benzene rings is 1. The Morgan fingerprint density at radius 1 is 1.31 bits per heavy atom. The third kappa shape index (κ3) is 6.56. The monoisotopic (exact) mass is 359 g/mol. The minimum Gasteiger partial charge on any atom is -0.364 e. The van der Waals surface area contributed by atoms with Gasteiger partial charge in [-0.05, 0) is 37.1 Å². The predicted molar refractivity (Wildman–Crippen MR) is 98.1 cm³/mol. The van der Waals surface area contributed by atoms with Gasteiger partial charge in [-0.1, -0.05) is 18.0 Å². The first-order chi connectivity index (χ1) is 12.6. The molecule has 4 N–H and O–H groups in total. The van der Waals surface area contributed by atoms with Gasteiger partial charge in [-0.3, -0.25) is 10.2 Å². The van der Waals surface area contributed by atoms with Crippen molar-refractivity contribution in [2.24, 2.45) is 10.8 Å². The zero-order chi connectivity index (χ0) is 18.8. The van der Waals surface area contributed by atoms with E-state index in [9.17, 15) is 9.18 Å². The fourth-order valence-corrected chi connectivity index (χ4v) is 2.26.